The van der Waals surface area contributed by atoms with Crippen LogP contribution in [0.3, 0.4) is 0 Å². The van der Waals surface area contributed by atoms with Gasteiger partial charge in [-0.05, 0) is 39.2 Å². The zero-order valence-corrected chi connectivity index (χ0v) is 26.6. The Balaban J connectivity index is 1.66. The molecule has 11 heteroatoms. The van der Waals surface area contributed by atoms with Crippen molar-refractivity contribution in [2.24, 2.45) is 11.8 Å². The summed E-state index contributed by atoms with van der Waals surface area (Å²) >= 11 is 3.68. The summed E-state index contributed by atoms with van der Waals surface area (Å²) in [7, 11) is 0. The minimum absolute atomic E-state index is 0.0673. The number of esters is 1. The quantitative estimate of drug-likeness (QED) is 0.190. The number of fused-ring (bicyclic) bond motifs is 1. The van der Waals surface area contributed by atoms with Crippen LogP contribution in [-0.2, 0) is 28.7 Å². The summed E-state index contributed by atoms with van der Waals surface area (Å²) in [5, 5.41) is 12.9. The number of rotatable bonds is 13. The molecule has 43 heavy (non-hydrogen) atoms. The predicted octanol–water partition coefficient (Wildman–Crippen LogP) is 2.91. The molecule has 3 fully saturated rings. The van der Waals surface area contributed by atoms with E-state index >= 15 is 0 Å². The maximum atomic E-state index is 14.3. The van der Waals surface area contributed by atoms with E-state index in [0.717, 1.165) is 5.56 Å². The molecule has 2 bridgehead atoms. The molecule has 3 aliphatic heterocycles. The number of halogens is 1. The number of allylic oxidation sites excluding steroid dienone is 1. The van der Waals surface area contributed by atoms with Crippen LogP contribution in [0.1, 0.15) is 51.6 Å². The third-order valence-corrected chi connectivity index (χ3v) is 9.38. The summed E-state index contributed by atoms with van der Waals surface area (Å²) in [4.78, 5) is 57.5. The summed E-state index contributed by atoms with van der Waals surface area (Å²) in [6, 6.07) is 7.46. The van der Waals surface area contributed by atoms with E-state index in [1.165, 1.54) is 4.90 Å². The van der Waals surface area contributed by atoms with Gasteiger partial charge in [-0.1, -0.05) is 58.4 Å². The van der Waals surface area contributed by atoms with Gasteiger partial charge in [0.2, 0.25) is 17.7 Å². The Bertz CT molecular complexity index is 1240. The van der Waals surface area contributed by atoms with Crippen molar-refractivity contribution < 1.29 is 33.8 Å². The van der Waals surface area contributed by atoms with Gasteiger partial charge in [0.25, 0.3) is 0 Å². The Morgan fingerprint density at radius 1 is 1.26 bits per heavy atom. The van der Waals surface area contributed by atoms with Gasteiger partial charge in [0.15, 0.2) is 0 Å². The Morgan fingerprint density at radius 3 is 2.56 bits per heavy atom. The van der Waals surface area contributed by atoms with Gasteiger partial charge < -0.3 is 29.7 Å². The number of aliphatic hydroxyl groups excluding tert-OH is 1. The molecular formula is C32H42BrN3O7. The van der Waals surface area contributed by atoms with Gasteiger partial charge >= 0.3 is 5.97 Å². The summed E-state index contributed by atoms with van der Waals surface area (Å²) in [5.41, 5.74) is -1.10. The molecule has 2 N–H and O–H groups in total. The summed E-state index contributed by atoms with van der Waals surface area (Å²) in [6.07, 6.45) is 3.62. The molecule has 7 atom stereocenters. The predicted molar refractivity (Wildman–Crippen MR) is 164 cm³/mol. The number of aliphatic hydroxyl groups is 1. The molecule has 1 aromatic rings. The number of β-amino-alcohol motifs (C(OH)–C–C–N with tert-alkyl or cyclic N) is 1. The number of amides is 3. The molecule has 1 aromatic carbocycles. The first kappa shape index (κ1) is 32.9. The normalized spacial score (nSPS) is 28.3. The van der Waals surface area contributed by atoms with Crippen LogP contribution in [0.4, 0.5) is 0 Å². The molecule has 0 radical (unpaired) electrons. The van der Waals surface area contributed by atoms with Crippen molar-refractivity contribution in [2.45, 2.75) is 74.2 Å². The number of hydrogen-bond acceptors (Lipinski definition) is 7. The number of benzene rings is 1. The molecule has 4 rings (SSSR count). The molecule has 0 saturated carbocycles. The third kappa shape index (κ3) is 6.30. The number of nitrogens with zero attached hydrogens (tertiary/aromatic N) is 2. The second-order valence-corrected chi connectivity index (χ2v) is 13.5. The van der Waals surface area contributed by atoms with Gasteiger partial charge in [0, 0.05) is 29.9 Å². The molecule has 1 unspecified atom stereocenters. The lowest BCUT2D eigenvalue weighted by molar-refractivity contribution is -0.152. The van der Waals surface area contributed by atoms with Crippen LogP contribution >= 0.6 is 15.9 Å². The van der Waals surface area contributed by atoms with Gasteiger partial charge in [-0.2, -0.15) is 0 Å². The van der Waals surface area contributed by atoms with Gasteiger partial charge in [-0.15, -0.1) is 13.2 Å². The first-order valence-corrected chi connectivity index (χ1v) is 15.6. The number of likely N-dealkylation sites (tertiary alicyclic amines) is 1. The fraction of sp³-hybridized carbons (Fsp3) is 0.562. The van der Waals surface area contributed by atoms with E-state index in [2.05, 4.69) is 34.4 Å². The van der Waals surface area contributed by atoms with E-state index in [9.17, 15) is 24.3 Å². The maximum Gasteiger partial charge on any atom is 0.306 e. The zero-order valence-electron chi connectivity index (χ0n) is 25.0. The fourth-order valence-electron chi connectivity index (χ4n) is 6.67. The summed E-state index contributed by atoms with van der Waals surface area (Å²) < 4.78 is 12.1. The zero-order chi connectivity index (χ0) is 31.5. The molecule has 234 valence electrons. The van der Waals surface area contributed by atoms with Crippen molar-refractivity contribution >= 4 is 39.6 Å². The fourth-order valence-corrected chi connectivity index (χ4v) is 7.61. The topological polar surface area (TPSA) is 125 Å². The second-order valence-electron chi connectivity index (χ2n) is 12.3. The van der Waals surface area contributed by atoms with E-state index in [-0.39, 0.29) is 43.5 Å². The number of nitrogens with one attached hydrogen (secondary N) is 1. The number of alkyl halides is 1. The molecule has 3 amide bonds. The van der Waals surface area contributed by atoms with Gasteiger partial charge in [-0.3, -0.25) is 19.2 Å². The first-order valence-electron chi connectivity index (χ1n) is 14.7. The highest BCUT2D eigenvalue weighted by atomic mass is 79.9. The van der Waals surface area contributed by atoms with E-state index < -0.39 is 58.9 Å². The van der Waals surface area contributed by atoms with Crippen LogP contribution in [-0.4, -0.2) is 93.0 Å². The van der Waals surface area contributed by atoms with Gasteiger partial charge in [-0.25, -0.2) is 0 Å². The Hall–Kier alpha value is -3.02. The van der Waals surface area contributed by atoms with Crippen LogP contribution in [0.25, 0.3) is 0 Å². The van der Waals surface area contributed by atoms with Crippen LogP contribution in [0, 0.1) is 11.8 Å². The largest absolute Gasteiger partial charge is 0.463 e. The van der Waals surface area contributed by atoms with E-state index in [1.807, 2.05) is 51.1 Å². The van der Waals surface area contributed by atoms with E-state index in [0.29, 0.717) is 12.8 Å². The number of ether oxygens (including phenoxy) is 2. The van der Waals surface area contributed by atoms with Crippen LogP contribution in [0.5, 0.6) is 0 Å². The molecule has 3 heterocycles. The van der Waals surface area contributed by atoms with Gasteiger partial charge in [0.1, 0.15) is 18.2 Å². The highest BCUT2D eigenvalue weighted by Gasteiger charge is 2.76. The molecule has 1 spiro atoms. The Kier molecular flexibility index (Phi) is 10.2. The number of carbonyl (C=O) groups is 4. The maximum absolute atomic E-state index is 14.3. The first-order chi connectivity index (χ1) is 20.4. The molecule has 3 saturated heterocycles. The standard InChI is InChI=1S/C32H42BrN3O7/c1-6-8-14-23(38)42-19-22(20-12-10-9-11-13-20)34-28(39)24-25-29(40)35(16-17-37)27(32(25)18-21(33)26(24)43-32)30(41)36(15-7-2)31(3,4)5/h6-7,9-13,21-22,24-27,37H,1-2,8,14-19H2,3-5H3,(H,34,39)/t21?,22-,24+,25-,26+,27+,32-/m0/s1. The lowest BCUT2D eigenvalue weighted by Gasteiger charge is -2.42. The monoisotopic (exact) mass is 659 g/mol. The van der Waals surface area contributed by atoms with Crippen molar-refractivity contribution in [1.82, 2.24) is 15.1 Å². The summed E-state index contributed by atoms with van der Waals surface area (Å²) in [6.45, 7) is 12.9. The average molecular weight is 661 g/mol. The minimum atomic E-state index is -1.26. The van der Waals surface area contributed by atoms with Crippen molar-refractivity contribution in [2.75, 3.05) is 26.3 Å². The highest BCUT2D eigenvalue weighted by molar-refractivity contribution is 9.09. The van der Waals surface area contributed by atoms with E-state index in [1.54, 1.807) is 17.1 Å². The highest BCUT2D eigenvalue weighted by Crippen LogP contribution is 2.60. The Morgan fingerprint density at radius 2 is 1.95 bits per heavy atom. The smallest absolute Gasteiger partial charge is 0.306 e. The summed E-state index contributed by atoms with van der Waals surface area (Å²) in [5.74, 6) is -3.38. The van der Waals surface area contributed by atoms with Crippen molar-refractivity contribution in [3.05, 3.63) is 61.2 Å². The second kappa shape index (κ2) is 13.3. The Labute approximate surface area is 261 Å². The average Bonchev–Trinajstić information content (AvgIpc) is 3.55. The molecule has 0 aliphatic carbocycles. The van der Waals surface area contributed by atoms with Crippen LogP contribution < -0.4 is 5.32 Å². The lowest BCUT2D eigenvalue weighted by Crippen LogP contribution is -2.60. The van der Waals surface area contributed by atoms with Crippen LogP contribution in [0.15, 0.2) is 55.6 Å². The molecule has 0 aromatic heterocycles. The molecule has 3 aliphatic rings. The SMILES string of the molecule is C=CCCC(=O)OC[C@H](NC(=O)[C@H]1[C@@H]2O[C@@]3(CC2Br)[C@@H]1C(=O)N(CCO)[C@@H]3C(=O)N(CC=C)C(C)(C)C)c1ccccc1. The lowest BCUT2D eigenvalue weighted by atomic mass is 9.70. The van der Waals surface area contributed by atoms with Crippen molar-refractivity contribution in [1.29, 1.82) is 0 Å². The third-order valence-electron chi connectivity index (χ3n) is 8.54. The van der Waals surface area contributed by atoms with Crippen molar-refractivity contribution in [3.8, 4) is 0 Å². The molecule has 10 nitrogen and oxygen atoms in total. The minimum Gasteiger partial charge on any atom is -0.463 e. The number of hydrogen-bond donors (Lipinski definition) is 2. The van der Waals surface area contributed by atoms with E-state index in [4.69, 9.17) is 9.47 Å². The van der Waals surface area contributed by atoms with Crippen molar-refractivity contribution in [3.63, 3.8) is 0 Å². The van der Waals surface area contributed by atoms with Crippen LogP contribution in [0.2, 0.25) is 0 Å². The van der Waals surface area contributed by atoms with Gasteiger partial charge in [0.05, 0.1) is 30.6 Å². The molecular weight excluding hydrogens is 618 g/mol. The number of carbonyl (C=O) groups excluding carboxylic acids is 4.